The molecule has 0 spiro atoms. The van der Waals surface area contributed by atoms with E-state index in [1.807, 2.05) is 0 Å². The number of hydrogen-bond acceptors (Lipinski definition) is 6. The average molecular weight is 301 g/mol. The number of hydrogen-bond donors (Lipinski definition) is 1. The zero-order valence-electron chi connectivity index (χ0n) is 9.22. The molecule has 1 aliphatic heterocycles. The zero-order valence-corrected chi connectivity index (χ0v) is 11.6. The third-order valence-electron chi connectivity index (χ3n) is 2.57. The second-order valence-corrected chi connectivity index (χ2v) is 6.55. The fourth-order valence-corrected chi connectivity index (χ4v) is 3.83. The SMILES string of the molecule is O=[S@]1CCc2nc(Cl)nc(NCc3cncs3)c21. The summed E-state index contributed by atoms with van der Waals surface area (Å²) in [7, 11) is -1.02. The molecular weight excluding hydrogens is 292 g/mol. The largest absolute Gasteiger partial charge is 0.364 e. The van der Waals surface area contributed by atoms with E-state index in [0.29, 0.717) is 29.4 Å². The third-order valence-corrected chi connectivity index (χ3v) is 4.98. The molecule has 1 N–H and O–H groups in total. The van der Waals surface area contributed by atoms with Crippen molar-refractivity contribution in [2.24, 2.45) is 0 Å². The van der Waals surface area contributed by atoms with Crippen LogP contribution in [-0.2, 0) is 23.8 Å². The number of nitrogens with zero attached hydrogens (tertiary/aromatic N) is 3. The molecule has 3 heterocycles. The normalized spacial score (nSPS) is 17.7. The summed E-state index contributed by atoms with van der Waals surface area (Å²) in [6.45, 7) is 0.599. The van der Waals surface area contributed by atoms with Crippen molar-refractivity contribution < 1.29 is 4.21 Å². The van der Waals surface area contributed by atoms with Gasteiger partial charge in [-0.1, -0.05) is 0 Å². The van der Waals surface area contributed by atoms with Gasteiger partial charge in [0.2, 0.25) is 5.28 Å². The Hall–Kier alpha value is -1.05. The fraction of sp³-hybridized carbons (Fsp3) is 0.300. The molecule has 94 valence electrons. The number of halogens is 1. The lowest BCUT2D eigenvalue weighted by atomic mass is 10.3. The van der Waals surface area contributed by atoms with E-state index in [-0.39, 0.29) is 5.28 Å². The van der Waals surface area contributed by atoms with Crippen molar-refractivity contribution in [3.8, 4) is 0 Å². The summed E-state index contributed by atoms with van der Waals surface area (Å²) in [5.74, 6) is 1.17. The summed E-state index contributed by atoms with van der Waals surface area (Å²) in [5.41, 5.74) is 2.56. The van der Waals surface area contributed by atoms with E-state index in [4.69, 9.17) is 11.6 Å². The van der Waals surface area contributed by atoms with Crippen LogP contribution in [0, 0.1) is 0 Å². The maximum atomic E-state index is 11.9. The van der Waals surface area contributed by atoms with Crippen molar-refractivity contribution >= 4 is 39.6 Å². The number of anilines is 1. The van der Waals surface area contributed by atoms with Gasteiger partial charge in [0.1, 0.15) is 10.7 Å². The molecule has 3 rings (SSSR count). The highest BCUT2D eigenvalue weighted by molar-refractivity contribution is 7.85. The van der Waals surface area contributed by atoms with Crippen LogP contribution in [0.1, 0.15) is 10.6 Å². The lowest BCUT2D eigenvalue weighted by molar-refractivity contribution is 0.685. The van der Waals surface area contributed by atoms with Gasteiger partial charge in [0.15, 0.2) is 0 Å². The molecule has 8 heteroatoms. The molecule has 1 aliphatic rings. The van der Waals surface area contributed by atoms with Gasteiger partial charge in [-0.05, 0) is 11.6 Å². The monoisotopic (exact) mass is 300 g/mol. The average Bonchev–Trinajstić information content (AvgIpc) is 2.96. The molecular formula is C10H9ClN4OS2. The van der Waals surface area contributed by atoms with Gasteiger partial charge < -0.3 is 5.32 Å². The van der Waals surface area contributed by atoms with Gasteiger partial charge in [0.05, 0.1) is 28.5 Å². The first-order chi connectivity index (χ1) is 8.74. The molecule has 0 aliphatic carbocycles. The maximum Gasteiger partial charge on any atom is 0.224 e. The topological polar surface area (TPSA) is 67.8 Å². The number of rotatable bonds is 3. The summed E-state index contributed by atoms with van der Waals surface area (Å²) in [4.78, 5) is 14.0. The third kappa shape index (κ3) is 2.25. The number of fused-ring (bicyclic) bond motifs is 1. The lowest BCUT2D eigenvalue weighted by Gasteiger charge is -2.08. The second kappa shape index (κ2) is 4.91. The predicted octanol–water partition coefficient (Wildman–Crippen LogP) is 1.86. The van der Waals surface area contributed by atoms with Crippen LogP contribution in [0.3, 0.4) is 0 Å². The minimum atomic E-state index is -1.02. The van der Waals surface area contributed by atoms with Crippen molar-refractivity contribution in [3.63, 3.8) is 0 Å². The molecule has 0 unspecified atom stereocenters. The minimum absolute atomic E-state index is 0.194. The molecule has 0 amide bonds. The Bertz CT molecular complexity index is 602. The van der Waals surface area contributed by atoms with Crippen LogP contribution in [0.15, 0.2) is 16.6 Å². The van der Waals surface area contributed by atoms with Crippen molar-refractivity contribution in [1.82, 2.24) is 15.0 Å². The van der Waals surface area contributed by atoms with E-state index >= 15 is 0 Å². The maximum absolute atomic E-state index is 11.9. The van der Waals surface area contributed by atoms with Gasteiger partial charge in [-0.3, -0.25) is 9.19 Å². The van der Waals surface area contributed by atoms with E-state index < -0.39 is 10.8 Å². The van der Waals surface area contributed by atoms with E-state index in [2.05, 4.69) is 20.3 Å². The Labute approximate surface area is 115 Å². The smallest absolute Gasteiger partial charge is 0.224 e. The van der Waals surface area contributed by atoms with Gasteiger partial charge in [-0.25, -0.2) is 4.98 Å². The summed E-state index contributed by atoms with van der Waals surface area (Å²) in [5, 5.41) is 3.35. The van der Waals surface area contributed by atoms with Gasteiger partial charge in [-0.15, -0.1) is 11.3 Å². The minimum Gasteiger partial charge on any atom is -0.364 e. The molecule has 0 saturated carbocycles. The van der Waals surface area contributed by atoms with Gasteiger partial charge >= 0.3 is 0 Å². The Kier molecular flexibility index (Phi) is 3.27. The van der Waals surface area contributed by atoms with E-state index in [1.54, 1.807) is 23.0 Å². The molecule has 1 atom stereocenters. The standard InChI is InChI=1S/C10H9ClN4OS2/c11-10-14-7-1-2-18(16)8(7)9(15-10)13-4-6-3-12-5-17-6/h3,5H,1-2,4H2,(H,13,14,15)/t18-/m0/s1. The highest BCUT2D eigenvalue weighted by Crippen LogP contribution is 2.29. The first-order valence-electron chi connectivity index (χ1n) is 5.30. The highest BCUT2D eigenvalue weighted by atomic mass is 35.5. The summed E-state index contributed by atoms with van der Waals surface area (Å²) in [6.07, 6.45) is 2.48. The first-order valence-corrected chi connectivity index (χ1v) is 7.87. The van der Waals surface area contributed by atoms with Crippen LogP contribution in [0.2, 0.25) is 5.28 Å². The van der Waals surface area contributed by atoms with Crippen LogP contribution < -0.4 is 5.32 Å². The molecule has 5 nitrogen and oxygen atoms in total. The fourth-order valence-electron chi connectivity index (χ4n) is 1.79. The van der Waals surface area contributed by atoms with Gasteiger partial charge in [-0.2, -0.15) is 4.98 Å². The number of aromatic nitrogens is 3. The number of aryl methyl sites for hydroxylation is 1. The first kappa shape index (κ1) is 12.0. The Morgan fingerprint density at radius 3 is 3.17 bits per heavy atom. The number of nitrogens with one attached hydrogen (secondary N) is 1. The van der Waals surface area contributed by atoms with Crippen LogP contribution in [-0.4, -0.2) is 24.9 Å². The Morgan fingerprint density at radius 2 is 2.39 bits per heavy atom. The predicted molar refractivity (Wildman–Crippen MR) is 71.5 cm³/mol. The van der Waals surface area contributed by atoms with Crippen LogP contribution in [0.5, 0.6) is 0 Å². The molecule has 0 bridgehead atoms. The van der Waals surface area contributed by atoms with Crippen molar-refractivity contribution in [2.75, 3.05) is 11.1 Å². The summed E-state index contributed by atoms with van der Waals surface area (Å²) >= 11 is 7.42. The van der Waals surface area contributed by atoms with E-state index in [9.17, 15) is 4.21 Å². The number of thiazole rings is 1. The Balaban J connectivity index is 1.89. The second-order valence-electron chi connectivity index (χ2n) is 3.74. The van der Waals surface area contributed by atoms with Crippen LogP contribution in [0.25, 0.3) is 0 Å². The van der Waals surface area contributed by atoms with E-state index in [0.717, 1.165) is 10.6 Å². The van der Waals surface area contributed by atoms with E-state index in [1.165, 1.54) is 0 Å². The molecule has 18 heavy (non-hydrogen) atoms. The van der Waals surface area contributed by atoms with Crippen LogP contribution >= 0.6 is 22.9 Å². The molecule has 2 aromatic rings. The van der Waals surface area contributed by atoms with Crippen LogP contribution in [0.4, 0.5) is 5.82 Å². The highest BCUT2D eigenvalue weighted by Gasteiger charge is 2.25. The molecule has 0 saturated heterocycles. The van der Waals surface area contributed by atoms with Gasteiger partial charge in [0.25, 0.3) is 0 Å². The van der Waals surface area contributed by atoms with Crippen molar-refractivity contribution in [2.45, 2.75) is 17.9 Å². The van der Waals surface area contributed by atoms with Crippen molar-refractivity contribution in [1.29, 1.82) is 0 Å². The summed E-state index contributed by atoms with van der Waals surface area (Å²) < 4.78 is 11.9. The lowest BCUT2D eigenvalue weighted by Crippen LogP contribution is -2.06. The summed E-state index contributed by atoms with van der Waals surface area (Å²) in [6, 6.07) is 0. The molecule has 0 aromatic carbocycles. The zero-order chi connectivity index (χ0) is 12.5. The van der Waals surface area contributed by atoms with Gasteiger partial charge in [0, 0.05) is 23.2 Å². The molecule has 0 radical (unpaired) electrons. The Morgan fingerprint density at radius 1 is 1.50 bits per heavy atom. The molecule has 0 fully saturated rings. The molecule has 2 aromatic heterocycles. The van der Waals surface area contributed by atoms with Crippen molar-refractivity contribution in [3.05, 3.63) is 27.6 Å². The quantitative estimate of drug-likeness (QED) is 0.876.